The number of hydrogen-bond donors (Lipinski definition) is 4. The Hall–Kier alpha value is -3.09. The Labute approximate surface area is 119 Å². The van der Waals surface area contributed by atoms with Crippen molar-refractivity contribution in [2.75, 3.05) is 16.4 Å². The van der Waals surface area contributed by atoms with Crippen LogP contribution in [0.3, 0.4) is 0 Å². The third kappa shape index (κ3) is 3.47. The molecule has 0 bridgehead atoms. The number of halogens is 1. The second-order valence-corrected chi connectivity index (χ2v) is 4.22. The summed E-state index contributed by atoms with van der Waals surface area (Å²) in [6.45, 7) is 0. The van der Waals surface area contributed by atoms with Gasteiger partial charge in [0.05, 0.1) is 11.3 Å². The lowest BCUT2D eigenvalue weighted by Gasteiger charge is -2.09. The first-order valence-corrected chi connectivity index (χ1v) is 5.99. The molecule has 0 aliphatic carbocycles. The number of urea groups is 1. The molecular formula is C14H13FN4O2. The summed E-state index contributed by atoms with van der Waals surface area (Å²) >= 11 is 0. The topological polar surface area (TPSA) is 110 Å². The summed E-state index contributed by atoms with van der Waals surface area (Å²) in [6, 6.07) is 9.59. The average Bonchev–Trinajstić information content (AvgIpc) is 2.43. The third-order valence-electron chi connectivity index (χ3n) is 2.71. The van der Waals surface area contributed by atoms with Crippen molar-refractivity contribution in [3.63, 3.8) is 0 Å². The SMILES string of the molecule is NC(=O)Nc1ccc(NC(=O)c2cccc(F)c2N)cc1. The molecule has 0 fully saturated rings. The lowest BCUT2D eigenvalue weighted by atomic mass is 10.1. The van der Waals surface area contributed by atoms with Crippen LogP contribution in [0.15, 0.2) is 42.5 Å². The molecule has 108 valence electrons. The van der Waals surface area contributed by atoms with Crippen molar-refractivity contribution >= 4 is 29.0 Å². The van der Waals surface area contributed by atoms with E-state index in [1.807, 2.05) is 0 Å². The van der Waals surface area contributed by atoms with Gasteiger partial charge in [0.1, 0.15) is 5.82 Å². The number of para-hydroxylation sites is 1. The van der Waals surface area contributed by atoms with E-state index in [4.69, 9.17) is 11.5 Å². The standard InChI is InChI=1S/C14H13FN4O2/c15-11-3-1-2-10(12(11)16)13(20)18-8-4-6-9(7-5-8)19-14(17)21/h1-7H,16H2,(H,18,20)(H3,17,19,21). The molecule has 6 nitrogen and oxygen atoms in total. The minimum Gasteiger partial charge on any atom is -0.396 e. The van der Waals surface area contributed by atoms with Gasteiger partial charge in [0.2, 0.25) is 0 Å². The van der Waals surface area contributed by atoms with Crippen LogP contribution in [0.1, 0.15) is 10.4 Å². The highest BCUT2D eigenvalue weighted by Crippen LogP contribution is 2.19. The van der Waals surface area contributed by atoms with Gasteiger partial charge in [-0.3, -0.25) is 4.79 Å². The zero-order valence-corrected chi connectivity index (χ0v) is 10.9. The first kappa shape index (κ1) is 14.3. The summed E-state index contributed by atoms with van der Waals surface area (Å²) in [5, 5.41) is 4.97. The van der Waals surface area contributed by atoms with E-state index in [0.29, 0.717) is 11.4 Å². The van der Waals surface area contributed by atoms with Crippen LogP contribution in [-0.2, 0) is 0 Å². The predicted molar refractivity (Wildman–Crippen MR) is 78.4 cm³/mol. The molecule has 3 amide bonds. The first-order chi connectivity index (χ1) is 9.97. The number of amides is 3. The Morgan fingerprint density at radius 1 is 0.952 bits per heavy atom. The fraction of sp³-hybridized carbons (Fsp3) is 0. The number of nitrogens with one attached hydrogen (secondary N) is 2. The minimum absolute atomic E-state index is 0.0503. The molecule has 0 aliphatic heterocycles. The van der Waals surface area contributed by atoms with Crippen LogP contribution < -0.4 is 22.1 Å². The molecule has 0 aromatic heterocycles. The predicted octanol–water partition coefficient (Wildman–Crippen LogP) is 2.15. The van der Waals surface area contributed by atoms with Gasteiger partial charge in [-0.05, 0) is 36.4 Å². The van der Waals surface area contributed by atoms with Crippen molar-refractivity contribution in [2.45, 2.75) is 0 Å². The van der Waals surface area contributed by atoms with Crippen LogP contribution in [0.25, 0.3) is 0 Å². The Kier molecular flexibility index (Phi) is 4.03. The van der Waals surface area contributed by atoms with Crippen molar-refractivity contribution in [3.05, 3.63) is 53.8 Å². The Morgan fingerprint density at radius 3 is 2.10 bits per heavy atom. The summed E-state index contributed by atoms with van der Waals surface area (Å²) < 4.78 is 13.3. The summed E-state index contributed by atoms with van der Waals surface area (Å²) in [5.41, 5.74) is 11.3. The van der Waals surface area contributed by atoms with E-state index in [-0.39, 0.29) is 11.3 Å². The molecule has 6 N–H and O–H groups in total. The molecule has 21 heavy (non-hydrogen) atoms. The van der Waals surface area contributed by atoms with Crippen LogP contribution in [0, 0.1) is 5.82 Å². The van der Waals surface area contributed by atoms with E-state index in [0.717, 1.165) is 0 Å². The molecule has 0 saturated heterocycles. The van der Waals surface area contributed by atoms with E-state index in [2.05, 4.69) is 10.6 Å². The molecule has 2 aromatic rings. The lowest BCUT2D eigenvalue weighted by Crippen LogP contribution is -2.19. The summed E-state index contributed by atoms with van der Waals surface area (Å²) in [5.74, 6) is -1.17. The lowest BCUT2D eigenvalue weighted by molar-refractivity contribution is 0.102. The maximum atomic E-state index is 13.3. The number of carbonyl (C=O) groups is 2. The van der Waals surface area contributed by atoms with Gasteiger partial charge in [-0.15, -0.1) is 0 Å². The van der Waals surface area contributed by atoms with Gasteiger partial charge >= 0.3 is 6.03 Å². The van der Waals surface area contributed by atoms with Gasteiger partial charge < -0.3 is 22.1 Å². The van der Waals surface area contributed by atoms with Crippen LogP contribution in [0.5, 0.6) is 0 Å². The Morgan fingerprint density at radius 2 is 1.52 bits per heavy atom. The monoisotopic (exact) mass is 288 g/mol. The fourth-order valence-corrected chi connectivity index (χ4v) is 1.71. The number of hydrogen-bond acceptors (Lipinski definition) is 3. The van der Waals surface area contributed by atoms with Gasteiger partial charge in [-0.25, -0.2) is 9.18 Å². The number of anilines is 3. The van der Waals surface area contributed by atoms with Crippen molar-refractivity contribution < 1.29 is 14.0 Å². The molecule has 0 radical (unpaired) electrons. The second-order valence-electron chi connectivity index (χ2n) is 4.22. The highest BCUT2D eigenvalue weighted by molar-refractivity contribution is 6.07. The average molecular weight is 288 g/mol. The first-order valence-electron chi connectivity index (χ1n) is 5.99. The van der Waals surface area contributed by atoms with Crippen LogP contribution in [0.4, 0.5) is 26.2 Å². The smallest absolute Gasteiger partial charge is 0.316 e. The van der Waals surface area contributed by atoms with E-state index in [9.17, 15) is 14.0 Å². The van der Waals surface area contributed by atoms with Crippen LogP contribution in [0.2, 0.25) is 0 Å². The largest absolute Gasteiger partial charge is 0.396 e. The maximum Gasteiger partial charge on any atom is 0.316 e. The van der Waals surface area contributed by atoms with Gasteiger partial charge in [-0.2, -0.15) is 0 Å². The zero-order valence-electron chi connectivity index (χ0n) is 10.9. The Balaban J connectivity index is 2.12. The number of carbonyl (C=O) groups excluding carboxylic acids is 2. The molecule has 0 saturated carbocycles. The summed E-state index contributed by atoms with van der Waals surface area (Å²) in [7, 11) is 0. The van der Waals surface area contributed by atoms with E-state index >= 15 is 0 Å². The minimum atomic E-state index is -0.681. The van der Waals surface area contributed by atoms with Gasteiger partial charge in [-0.1, -0.05) is 6.07 Å². The quantitative estimate of drug-likeness (QED) is 0.649. The van der Waals surface area contributed by atoms with E-state index in [1.54, 1.807) is 24.3 Å². The number of primary amides is 1. The van der Waals surface area contributed by atoms with Gasteiger partial charge in [0, 0.05) is 11.4 Å². The van der Waals surface area contributed by atoms with Crippen molar-refractivity contribution in [2.24, 2.45) is 5.73 Å². The highest BCUT2D eigenvalue weighted by Gasteiger charge is 2.12. The molecule has 0 atom stereocenters. The van der Waals surface area contributed by atoms with Crippen molar-refractivity contribution in [1.82, 2.24) is 0 Å². The number of nitrogen functional groups attached to an aromatic ring is 1. The molecule has 2 aromatic carbocycles. The molecule has 0 heterocycles. The van der Waals surface area contributed by atoms with Crippen LogP contribution >= 0.6 is 0 Å². The fourth-order valence-electron chi connectivity index (χ4n) is 1.71. The maximum absolute atomic E-state index is 13.3. The molecule has 7 heteroatoms. The zero-order chi connectivity index (χ0) is 15.4. The van der Waals surface area contributed by atoms with Crippen molar-refractivity contribution in [1.29, 1.82) is 0 Å². The van der Waals surface area contributed by atoms with E-state index in [1.165, 1.54) is 18.2 Å². The normalized spacial score (nSPS) is 9.95. The second kappa shape index (κ2) is 5.91. The summed E-state index contributed by atoms with van der Waals surface area (Å²) in [4.78, 5) is 22.7. The Bertz CT molecular complexity index is 686. The number of rotatable bonds is 3. The number of benzene rings is 2. The summed E-state index contributed by atoms with van der Waals surface area (Å²) in [6.07, 6.45) is 0. The molecule has 0 aliphatic rings. The third-order valence-corrected chi connectivity index (χ3v) is 2.71. The molecular weight excluding hydrogens is 275 g/mol. The van der Waals surface area contributed by atoms with Crippen LogP contribution in [-0.4, -0.2) is 11.9 Å². The van der Waals surface area contributed by atoms with Gasteiger partial charge in [0.15, 0.2) is 0 Å². The van der Waals surface area contributed by atoms with Crippen molar-refractivity contribution in [3.8, 4) is 0 Å². The van der Waals surface area contributed by atoms with E-state index < -0.39 is 17.8 Å². The highest BCUT2D eigenvalue weighted by atomic mass is 19.1. The molecule has 0 unspecified atom stereocenters. The number of nitrogens with two attached hydrogens (primary N) is 2. The molecule has 2 rings (SSSR count). The molecule has 0 spiro atoms. The van der Waals surface area contributed by atoms with Gasteiger partial charge in [0.25, 0.3) is 5.91 Å².